The number of carbonyl (C=O) groups excluding carboxylic acids is 1. The van der Waals surface area contributed by atoms with Crippen LogP contribution >= 0.6 is 0 Å². The summed E-state index contributed by atoms with van der Waals surface area (Å²) >= 11 is 0. The molecule has 2 heterocycles. The number of nitrogens with one attached hydrogen (secondary N) is 2. The highest BCUT2D eigenvalue weighted by Crippen LogP contribution is 2.20. The zero-order chi connectivity index (χ0) is 18.5. The molecule has 1 aliphatic heterocycles. The molecule has 0 radical (unpaired) electrons. The van der Waals surface area contributed by atoms with E-state index in [4.69, 9.17) is 0 Å². The highest BCUT2D eigenvalue weighted by atomic mass is 16.2. The van der Waals surface area contributed by atoms with Crippen LogP contribution in [-0.4, -0.2) is 29.1 Å². The third-order valence-corrected chi connectivity index (χ3v) is 4.89. The summed E-state index contributed by atoms with van der Waals surface area (Å²) in [5.74, 6) is 1.38. The van der Waals surface area contributed by atoms with Crippen LogP contribution in [0.5, 0.6) is 0 Å². The van der Waals surface area contributed by atoms with Crippen LogP contribution in [0.15, 0.2) is 54.9 Å². The summed E-state index contributed by atoms with van der Waals surface area (Å²) in [6.45, 7) is 2.46. The third-order valence-electron chi connectivity index (χ3n) is 4.89. The van der Waals surface area contributed by atoms with Crippen molar-refractivity contribution < 1.29 is 4.79 Å². The molecular formula is C21H23N5O. The number of carbonyl (C=O) groups is 1. The molecule has 2 amide bonds. The van der Waals surface area contributed by atoms with Crippen molar-refractivity contribution in [2.75, 3.05) is 23.3 Å². The van der Waals surface area contributed by atoms with Crippen molar-refractivity contribution in [3.05, 3.63) is 60.4 Å². The van der Waals surface area contributed by atoms with Crippen LogP contribution in [0.3, 0.4) is 0 Å². The molecule has 1 saturated heterocycles. The summed E-state index contributed by atoms with van der Waals surface area (Å²) in [5, 5.41) is 8.04. The molecule has 0 aliphatic carbocycles. The van der Waals surface area contributed by atoms with Crippen molar-refractivity contribution in [1.82, 2.24) is 15.3 Å². The fourth-order valence-corrected chi connectivity index (χ4v) is 3.49. The van der Waals surface area contributed by atoms with Crippen LogP contribution < -0.4 is 15.5 Å². The van der Waals surface area contributed by atoms with Gasteiger partial charge in [0.05, 0.1) is 0 Å². The molecule has 2 aromatic carbocycles. The molecule has 3 aromatic rings. The van der Waals surface area contributed by atoms with Crippen LogP contribution in [0.1, 0.15) is 24.8 Å². The van der Waals surface area contributed by atoms with E-state index in [1.165, 1.54) is 31.0 Å². The van der Waals surface area contributed by atoms with E-state index in [-0.39, 0.29) is 6.03 Å². The SMILES string of the molecule is O=C(NCc1cccc2ccccc12)Nc1cc(N2CCCCC2)ncn1. The van der Waals surface area contributed by atoms with Crippen molar-refractivity contribution in [3.8, 4) is 0 Å². The molecule has 1 fully saturated rings. The van der Waals surface area contributed by atoms with Gasteiger partial charge in [0.1, 0.15) is 18.0 Å². The maximum absolute atomic E-state index is 12.3. The quantitative estimate of drug-likeness (QED) is 0.738. The first kappa shape index (κ1) is 17.3. The van der Waals surface area contributed by atoms with Gasteiger partial charge in [0.25, 0.3) is 0 Å². The number of fused-ring (bicyclic) bond motifs is 1. The van der Waals surface area contributed by atoms with Gasteiger partial charge in [-0.3, -0.25) is 5.32 Å². The number of piperidine rings is 1. The minimum Gasteiger partial charge on any atom is -0.356 e. The summed E-state index contributed by atoms with van der Waals surface area (Å²) in [4.78, 5) is 23.1. The van der Waals surface area contributed by atoms with Gasteiger partial charge >= 0.3 is 6.03 Å². The van der Waals surface area contributed by atoms with E-state index >= 15 is 0 Å². The first-order chi connectivity index (χ1) is 13.3. The number of benzene rings is 2. The Morgan fingerprint density at radius 1 is 1.00 bits per heavy atom. The number of urea groups is 1. The maximum Gasteiger partial charge on any atom is 0.320 e. The first-order valence-corrected chi connectivity index (χ1v) is 9.38. The molecule has 27 heavy (non-hydrogen) atoms. The van der Waals surface area contributed by atoms with E-state index in [2.05, 4.69) is 43.7 Å². The van der Waals surface area contributed by atoms with Crippen molar-refractivity contribution in [1.29, 1.82) is 0 Å². The Labute approximate surface area is 158 Å². The smallest absolute Gasteiger partial charge is 0.320 e. The van der Waals surface area contributed by atoms with Gasteiger partial charge in [-0.1, -0.05) is 42.5 Å². The summed E-state index contributed by atoms with van der Waals surface area (Å²) in [6, 6.07) is 15.8. The summed E-state index contributed by atoms with van der Waals surface area (Å²) in [5.41, 5.74) is 1.08. The van der Waals surface area contributed by atoms with Crippen LogP contribution in [0, 0.1) is 0 Å². The van der Waals surface area contributed by atoms with Crippen LogP contribution in [0.25, 0.3) is 10.8 Å². The first-order valence-electron chi connectivity index (χ1n) is 9.38. The Kier molecular flexibility index (Phi) is 5.14. The molecule has 0 bridgehead atoms. The number of anilines is 2. The van der Waals surface area contributed by atoms with Gasteiger partial charge in [0.15, 0.2) is 0 Å². The Bertz CT molecular complexity index is 931. The molecule has 6 nitrogen and oxygen atoms in total. The van der Waals surface area contributed by atoms with Crippen molar-refractivity contribution in [2.24, 2.45) is 0 Å². The van der Waals surface area contributed by atoms with E-state index in [0.29, 0.717) is 12.4 Å². The number of hydrogen-bond donors (Lipinski definition) is 2. The number of nitrogens with zero attached hydrogens (tertiary/aromatic N) is 3. The second-order valence-electron chi connectivity index (χ2n) is 6.76. The standard InChI is InChI=1S/C21H23N5O/c27-21(22-14-17-9-6-8-16-7-2-3-10-18(16)17)25-19-13-20(24-15-23-19)26-11-4-1-5-12-26/h2-3,6-10,13,15H,1,4-5,11-12,14H2,(H2,22,23,24,25,27). The van der Waals surface area contributed by atoms with Gasteiger partial charge in [0.2, 0.25) is 0 Å². The lowest BCUT2D eigenvalue weighted by molar-refractivity contribution is 0.251. The van der Waals surface area contributed by atoms with Gasteiger partial charge in [-0.15, -0.1) is 0 Å². The van der Waals surface area contributed by atoms with E-state index in [0.717, 1.165) is 29.9 Å². The molecule has 138 valence electrons. The molecule has 1 aromatic heterocycles. The topological polar surface area (TPSA) is 70.2 Å². The van der Waals surface area contributed by atoms with E-state index in [1.807, 2.05) is 30.3 Å². The fraction of sp³-hybridized carbons (Fsp3) is 0.286. The molecule has 4 rings (SSSR count). The highest BCUT2D eigenvalue weighted by Gasteiger charge is 2.13. The summed E-state index contributed by atoms with van der Waals surface area (Å²) in [7, 11) is 0. The van der Waals surface area contributed by atoms with E-state index in [1.54, 1.807) is 0 Å². The Morgan fingerprint density at radius 3 is 2.70 bits per heavy atom. The molecule has 6 heteroatoms. The minimum atomic E-state index is -0.272. The predicted octanol–water partition coefficient (Wildman–Crippen LogP) is 3.94. The largest absolute Gasteiger partial charge is 0.356 e. The van der Waals surface area contributed by atoms with E-state index in [9.17, 15) is 4.79 Å². The normalized spacial score (nSPS) is 14.1. The minimum absolute atomic E-state index is 0.272. The van der Waals surface area contributed by atoms with Crippen molar-refractivity contribution in [3.63, 3.8) is 0 Å². The maximum atomic E-state index is 12.3. The zero-order valence-corrected chi connectivity index (χ0v) is 15.2. The lowest BCUT2D eigenvalue weighted by atomic mass is 10.0. The second kappa shape index (κ2) is 8.03. The lowest BCUT2D eigenvalue weighted by Crippen LogP contribution is -2.31. The molecule has 0 unspecified atom stereocenters. The second-order valence-corrected chi connectivity index (χ2v) is 6.76. The van der Waals surface area contributed by atoms with Crippen molar-refractivity contribution >= 4 is 28.4 Å². The Morgan fingerprint density at radius 2 is 1.81 bits per heavy atom. The average Bonchev–Trinajstić information content (AvgIpc) is 2.73. The Balaban J connectivity index is 1.39. The number of amides is 2. The zero-order valence-electron chi connectivity index (χ0n) is 15.2. The van der Waals surface area contributed by atoms with Crippen LogP contribution in [0.2, 0.25) is 0 Å². The Hall–Kier alpha value is -3.15. The van der Waals surface area contributed by atoms with Crippen LogP contribution in [-0.2, 0) is 6.54 Å². The molecule has 0 spiro atoms. The molecular weight excluding hydrogens is 338 g/mol. The molecule has 0 saturated carbocycles. The van der Waals surface area contributed by atoms with Gasteiger partial charge in [0, 0.05) is 25.7 Å². The summed E-state index contributed by atoms with van der Waals surface area (Å²) in [6.07, 6.45) is 5.13. The third kappa shape index (κ3) is 4.16. The van der Waals surface area contributed by atoms with Crippen molar-refractivity contribution in [2.45, 2.75) is 25.8 Å². The predicted molar refractivity (Wildman–Crippen MR) is 108 cm³/mol. The lowest BCUT2D eigenvalue weighted by Gasteiger charge is -2.27. The molecule has 1 aliphatic rings. The number of hydrogen-bond acceptors (Lipinski definition) is 4. The van der Waals surface area contributed by atoms with Gasteiger partial charge < -0.3 is 10.2 Å². The number of rotatable bonds is 4. The van der Waals surface area contributed by atoms with E-state index < -0.39 is 0 Å². The monoisotopic (exact) mass is 361 g/mol. The molecule has 2 N–H and O–H groups in total. The van der Waals surface area contributed by atoms with Crippen LogP contribution in [0.4, 0.5) is 16.4 Å². The number of aromatic nitrogens is 2. The van der Waals surface area contributed by atoms with Gasteiger partial charge in [-0.05, 0) is 35.6 Å². The van der Waals surface area contributed by atoms with Gasteiger partial charge in [-0.25, -0.2) is 14.8 Å². The average molecular weight is 361 g/mol. The fourth-order valence-electron chi connectivity index (χ4n) is 3.49. The highest BCUT2D eigenvalue weighted by molar-refractivity contribution is 5.89. The molecule has 0 atom stereocenters. The van der Waals surface area contributed by atoms with Gasteiger partial charge in [-0.2, -0.15) is 0 Å². The summed E-state index contributed by atoms with van der Waals surface area (Å²) < 4.78 is 0.